The van der Waals surface area contributed by atoms with Crippen LogP contribution in [0, 0.1) is 0 Å². The van der Waals surface area contributed by atoms with E-state index in [4.69, 9.17) is 14.2 Å². The van der Waals surface area contributed by atoms with Crippen molar-refractivity contribution in [2.75, 3.05) is 34.0 Å². The van der Waals surface area contributed by atoms with Crippen molar-refractivity contribution in [3.8, 4) is 0 Å². The molecule has 1 aliphatic carbocycles. The van der Waals surface area contributed by atoms with Gasteiger partial charge in [0, 0.05) is 14.2 Å². The van der Waals surface area contributed by atoms with Crippen molar-refractivity contribution in [2.45, 2.75) is 57.3 Å². The minimum atomic E-state index is 0.304. The molecule has 0 saturated heterocycles. The van der Waals surface area contributed by atoms with Gasteiger partial charge in [-0.1, -0.05) is 6.92 Å². The molecule has 1 fully saturated rings. The molecular weight excluding hydrogens is 230 g/mol. The average Bonchev–Trinajstić information content (AvgIpc) is 2.42. The maximum absolute atomic E-state index is 6.00. The third-order valence-corrected chi connectivity index (χ3v) is 3.50. The summed E-state index contributed by atoms with van der Waals surface area (Å²) in [4.78, 5) is 0. The molecular formula is C14H29NO3. The highest BCUT2D eigenvalue weighted by atomic mass is 16.5. The van der Waals surface area contributed by atoms with E-state index >= 15 is 0 Å². The summed E-state index contributed by atoms with van der Waals surface area (Å²) in [5.41, 5.74) is 0. The number of methoxy groups -OCH3 is 2. The van der Waals surface area contributed by atoms with Gasteiger partial charge in [0.1, 0.15) is 0 Å². The Bertz CT molecular complexity index is 197. The highest BCUT2D eigenvalue weighted by Gasteiger charge is 2.23. The van der Waals surface area contributed by atoms with Crippen LogP contribution in [-0.4, -0.2) is 52.2 Å². The number of ether oxygens (including phenoxy) is 3. The predicted octanol–water partition coefficient (Wildman–Crippen LogP) is 1.98. The topological polar surface area (TPSA) is 39.7 Å². The van der Waals surface area contributed by atoms with E-state index in [1.165, 1.54) is 12.8 Å². The Balaban J connectivity index is 2.22. The molecule has 108 valence electrons. The second kappa shape index (κ2) is 9.73. The van der Waals surface area contributed by atoms with Crippen molar-refractivity contribution in [1.29, 1.82) is 0 Å². The largest absolute Gasteiger partial charge is 0.383 e. The third-order valence-electron chi connectivity index (χ3n) is 3.50. The number of rotatable bonds is 9. The lowest BCUT2D eigenvalue weighted by atomic mass is 9.95. The first-order valence-electron chi connectivity index (χ1n) is 7.16. The Labute approximate surface area is 111 Å². The molecule has 0 aromatic heterocycles. The van der Waals surface area contributed by atoms with Crippen molar-refractivity contribution < 1.29 is 14.2 Å². The van der Waals surface area contributed by atoms with Gasteiger partial charge in [0.2, 0.25) is 0 Å². The quantitative estimate of drug-likeness (QED) is 0.687. The number of nitrogens with one attached hydrogen (secondary N) is 1. The maximum Gasteiger partial charge on any atom is 0.0645 e. The molecule has 1 N–H and O–H groups in total. The summed E-state index contributed by atoms with van der Waals surface area (Å²) >= 11 is 0. The smallest absolute Gasteiger partial charge is 0.0645 e. The molecule has 0 aliphatic heterocycles. The molecule has 1 saturated carbocycles. The zero-order valence-corrected chi connectivity index (χ0v) is 12.1. The van der Waals surface area contributed by atoms with Crippen LogP contribution < -0.4 is 5.32 Å². The Morgan fingerprint density at radius 1 is 1.17 bits per heavy atom. The van der Waals surface area contributed by atoms with Gasteiger partial charge in [0.15, 0.2) is 0 Å². The van der Waals surface area contributed by atoms with Crippen LogP contribution in [0.4, 0.5) is 0 Å². The first-order valence-corrected chi connectivity index (χ1v) is 7.16. The van der Waals surface area contributed by atoms with E-state index in [0.717, 1.165) is 32.4 Å². The molecule has 0 spiro atoms. The molecule has 3 atom stereocenters. The Morgan fingerprint density at radius 2 is 1.94 bits per heavy atom. The minimum Gasteiger partial charge on any atom is -0.383 e. The molecule has 0 aromatic carbocycles. The lowest BCUT2D eigenvalue weighted by Gasteiger charge is -2.29. The van der Waals surface area contributed by atoms with Crippen LogP contribution in [0.2, 0.25) is 0 Å². The summed E-state index contributed by atoms with van der Waals surface area (Å²) < 4.78 is 16.6. The third kappa shape index (κ3) is 6.14. The van der Waals surface area contributed by atoms with Gasteiger partial charge in [0.05, 0.1) is 31.5 Å². The first-order chi connectivity index (χ1) is 8.80. The highest BCUT2D eigenvalue weighted by molar-refractivity contribution is 4.75. The van der Waals surface area contributed by atoms with Gasteiger partial charge in [-0.05, 0) is 38.6 Å². The van der Waals surface area contributed by atoms with Crippen LogP contribution in [0.15, 0.2) is 0 Å². The lowest BCUT2D eigenvalue weighted by molar-refractivity contribution is -0.0406. The van der Waals surface area contributed by atoms with Crippen molar-refractivity contribution in [3.05, 3.63) is 0 Å². The van der Waals surface area contributed by atoms with Crippen LogP contribution in [0.25, 0.3) is 0 Å². The lowest BCUT2D eigenvalue weighted by Crippen LogP contribution is -2.40. The maximum atomic E-state index is 6.00. The van der Waals surface area contributed by atoms with E-state index in [9.17, 15) is 0 Å². The van der Waals surface area contributed by atoms with E-state index < -0.39 is 0 Å². The fraction of sp³-hybridized carbons (Fsp3) is 1.00. The van der Waals surface area contributed by atoms with Gasteiger partial charge < -0.3 is 19.5 Å². The summed E-state index contributed by atoms with van der Waals surface area (Å²) in [5, 5.41) is 3.45. The average molecular weight is 259 g/mol. The molecule has 4 nitrogen and oxygen atoms in total. The van der Waals surface area contributed by atoms with Crippen LogP contribution >= 0.6 is 0 Å². The van der Waals surface area contributed by atoms with Crippen LogP contribution in [-0.2, 0) is 14.2 Å². The molecule has 0 radical (unpaired) electrons. The summed E-state index contributed by atoms with van der Waals surface area (Å²) in [7, 11) is 3.53. The summed E-state index contributed by atoms with van der Waals surface area (Å²) in [6, 6.07) is 0.304. The summed E-state index contributed by atoms with van der Waals surface area (Å²) in [5.74, 6) is 0. The second-order valence-electron chi connectivity index (χ2n) is 5.09. The molecule has 0 amide bonds. The monoisotopic (exact) mass is 259 g/mol. The zero-order valence-electron chi connectivity index (χ0n) is 12.1. The zero-order chi connectivity index (χ0) is 13.2. The van der Waals surface area contributed by atoms with Gasteiger partial charge in [-0.15, -0.1) is 0 Å². The summed E-state index contributed by atoms with van der Waals surface area (Å²) in [6.07, 6.45) is 6.44. The Hall–Kier alpha value is -0.160. The molecule has 1 aliphatic rings. The molecule has 18 heavy (non-hydrogen) atoms. The fourth-order valence-electron chi connectivity index (χ4n) is 2.44. The van der Waals surface area contributed by atoms with Crippen LogP contribution in [0.1, 0.15) is 39.0 Å². The predicted molar refractivity (Wildman–Crippen MR) is 73.0 cm³/mol. The van der Waals surface area contributed by atoms with Gasteiger partial charge in [-0.3, -0.25) is 0 Å². The molecule has 4 heteroatoms. The standard InChI is InChI=1S/C14H29NO3/c1-4-8-15-12(10-16-2)11-18-14-7-5-6-13(9-14)17-3/h12-15H,4-11H2,1-3H3. The molecule has 0 heterocycles. The Morgan fingerprint density at radius 3 is 2.61 bits per heavy atom. The van der Waals surface area contributed by atoms with Crippen LogP contribution in [0.5, 0.6) is 0 Å². The normalized spacial score (nSPS) is 26.2. The molecule has 3 unspecified atom stereocenters. The molecule has 0 aromatic rings. The van der Waals surface area contributed by atoms with Gasteiger partial charge in [-0.25, -0.2) is 0 Å². The van der Waals surface area contributed by atoms with E-state index in [2.05, 4.69) is 12.2 Å². The van der Waals surface area contributed by atoms with E-state index in [1.807, 2.05) is 0 Å². The number of hydrogen-bond acceptors (Lipinski definition) is 4. The molecule has 0 bridgehead atoms. The van der Waals surface area contributed by atoms with E-state index in [1.54, 1.807) is 14.2 Å². The van der Waals surface area contributed by atoms with E-state index in [-0.39, 0.29) is 0 Å². The van der Waals surface area contributed by atoms with Crippen molar-refractivity contribution in [2.24, 2.45) is 0 Å². The fourth-order valence-corrected chi connectivity index (χ4v) is 2.44. The van der Waals surface area contributed by atoms with Gasteiger partial charge in [0.25, 0.3) is 0 Å². The molecule has 1 rings (SSSR count). The minimum absolute atomic E-state index is 0.304. The van der Waals surface area contributed by atoms with Crippen LogP contribution in [0.3, 0.4) is 0 Å². The van der Waals surface area contributed by atoms with E-state index in [0.29, 0.717) is 24.9 Å². The van der Waals surface area contributed by atoms with Crippen molar-refractivity contribution >= 4 is 0 Å². The highest BCUT2D eigenvalue weighted by Crippen LogP contribution is 2.23. The van der Waals surface area contributed by atoms with Crippen molar-refractivity contribution in [1.82, 2.24) is 5.32 Å². The van der Waals surface area contributed by atoms with Gasteiger partial charge >= 0.3 is 0 Å². The van der Waals surface area contributed by atoms with Gasteiger partial charge in [-0.2, -0.15) is 0 Å². The number of hydrogen-bond donors (Lipinski definition) is 1. The van der Waals surface area contributed by atoms with Crippen molar-refractivity contribution in [3.63, 3.8) is 0 Å². The second-order valence-corrected chi connectivity index (χ2v) is 5.09. The first kappa shape index (κ1) is 15.9. The summed E-state index contributed by atoms with van der Waals surface area (Å²) in [6.45, 7) is 4.63. The Kier molecular flexibility index (Phi) is 8.59. The SMILES string of the molecule is CCCNC(COC)COC1CCCC(OC)C1.